The van der Waals surface area contributed by atoms with Gasteiger partial charge in [-0.15, -0.1) is 0 Å². The van der Waals surface area contributed by atoms with Crippen molar-refractivity contribution in [2.75, 3.05) is 50.9 Å². The SMILES string of the molecule is O=C(CN1CCOc2ccccc21)N1CCC2(CC1)OCCO2. The van der Waals surface area contributed by atoms with E-state index in [1.165, 1.54) is 0 Å². The molecule has 3 heterocycles. The van der Waals surface area contributed by atoms with Gasteiger partial charge >= 0.3 is 0 Å². The van der Waals surface area contributed by atoms with E-state index in [0.29, 0.717) is 39.5 Å². The van der Waals surface area contributed by atoms with Gasteiger partial charge < -0.3 is 24.0 Å². The highest BCUT2D eigenvalue weighted by Gasteiger charge is 2.40. The van der Waals surface area contributed by atoms with Crippen LogP contribution in [0.4, 0.5) is 5.69 Å². The first-order valence-corrected chi connectivity index (χ1v) is 8.28. The van der Waals surface area contributed by atoms with Gasteiger partial charge in [0, 0.05) is 25.9 Å². The molecule has 6 nitrogen and oxygen atoms in total. The van der Waals surface area contributed by atoms with Crippen LogP contribution in [0.15, 0.2) is 24.3 Å². The highest BCUT2D eigenvalue weighted by molar-refractivity contribution is 5.82. The zero-order valence-corrected chi connectivity index (χ0v) is 13.2. The Bertz CT molecular complexity index is 576. The highest BCUT2D eigenvalue weighted by Crippen LogP contribution is 2.33. The maximum atomic E-state index is 12.6. The summed E-state index contributed by atoms with van der Waals surface area (Å²) in [6.07, 6.45) is 1.52. The minimum atomic E-state index is -0.428. The van der Waals surface area contributed by atoms with Crippen molar-refractivity contribution in [3.63, 3.8) is 0 Å². The fourth-order valence-electron chi connectivity index (χ4n) is 3.54. The van der Waals surface area contributed by atoms with Crippen LogP contribution in [0.25, 0.3) is 0 Å². The Morgan fingerprint density at radius 1 is 1.04 bits per heavy atom. The molecule has 0 unspecified atom stereocenters. The van der Waals surface area contributed by atoms with Crippen molar-refractivity contribution in [2.24, 2.45) is 0 Å². The summed E-state index contributed by atoms with van der Waals surface area (Å²) in [5.41, 5.74) is 1.00. The minimum Gasteiger partial charge on any atom is -0.490 e. The molecule has 0 radical (unpaired) electrons. The number of rotatable bonds is 2. The van der Waals surface area contributed by atoms with Gasteiger partial charge in [-0.1, -0.05) is 12.1 Å². The Hall–Kier alpha value is -1.79. The maximum Gasteiger partial charge on any atom is 0.242 e. The number of benzene rings is 1. The molecule has 0 aliphatic carbocycles. The second-order valence-corrected chi connectivity index (χ2v) is 6.23. The van der Waals surface area contributed by atoms with E-state index in [0.717, 1.165) is 30.8 Å². The van der Waals surface area contributed by atoms with Crippen LogP contribution in [0, 0.1) is 0 Å². The second-order valence-electron chi connectivity index (χ2n) is 6.23. The number of fused-ring (bicyclic) bond motifs is 1. The average Bonchev–Trinajstić information content (AvgIpc) is 3.04. The molecule has 0 atom stereocenters. The molecule has 6 heteroatoms. The Labute approximate surface area is 135 Å². The molecule has 0 bridgehead atoms. The molecule has 23 heavy (non-hydrogen) atoms. The summed E-state index contributed by atoms with van der Waals surface area (Å²) in [6, 6.07) is 7.89. The molecular weight excluding hydrogens is 296 g/mol. The van der Waals surface area contributed by atoms with Crippen LogP contribution in [0.1, 0.15) is 12.8 Å². The van der Waals surface area contributed by atoms with Gasteiger partial charge in [0.1, 0.15) is 12.4 Å². The molecule has 4 rings (SSSR count). The number of anilines is 1. The molecule has 2 saturated heterocycles. The lowest BCUT2D eigenvalue weighted by Crippen LogP contribution is -2.50. The van der Waals surface area contributed by atoms with Crippen molar-refractivity contribution in [3.8, 4) is 5.75 Å². The van der Waals surface area contributed by atoms with Gasteiger partial charge in [0.25, 0.3) is 0 Å². The van der Waals surface area contributed by atoms with E-state index >= 15 is 0 Å². The molecule has 3 aliphatic heterocycles. The van der Waals surface area contributed by atoms with Crippen molar-refractivity contribution < 1.29 is 19.0 Å². The van der Waals surface area contributed by atoms with Crippen LogP contribution < -0.4 is 9.64 Å². The Morgan fingerprint density at radius 3 is 2.57 bits per heavy atom. The minimum absolute atomic E-state index is 0.162. The fourth-order valence-corrected chi connectivity index (χ4v) is 3.54. The van der Waals surface area contributed by atoms with Crippen molar-refractivity contribution in [1.29, 1.82) is 0 Å². The quantitative estimate of drug-likeness (QED) is 0.821. The topological polar surface area (TPSA) is 51.2 Å². The number of amides is 1. The first-order valence-electron chi connectivity index (χ1n) is 8.28. The Balaban J connectivity index is 1.38. The number of hydrogen-bond donors (Lipinski definition) is 0. The zero-order valence-electron chi connectivity index (χ0n) is 13.2. The van der Waals surface area contributed by atoms with E-state index in [2.05, 4.69) is 4.90 Å². The van der Waals surface area contributed by atoms with Gasteiger partial charge in [0.05, 0.1) is 32.0 Å². The average molecular weight is 318 g/mol. The number of para-hydroxylation sites is 2. The van der Waals surface area contributed by atoms with E-state index in [9.17, 15) is 4.79 Å². The van der Waals surface area contributed by atoms with E-state index in [1.54, 1.807) is 0 Å². The van der Waals surface area contributed by atoms with Gasteiger partial charge in [0.2, 0.25) is 5.91 Å². The summed E-state index contributed by atoms with van der Waals surface area (Å²) in [6.45, 7) is 4.49. The molecule has 1 aromatic carbocycles. The van der Waals surface area contributed by atoms with E-state index < -0.39 is 5.79 Å². The lowest BCUT2D eigenvalue weighted by atomic mass is 10.0. The van der Waals surface area contributed by atoms with Crippen LogP contribution in [0.2, 0.25) is 0 Å². The van der Waals surface area contributed by atoms with Gasteiger partial charge in [-0.05, 0) is 12.1 Å². The molecular formula is C17H22N2O4. The van der Waals surface area contributed by atoms with Crippen LogP contribution in [0.3, 0.4) is 0 Å². The maximum absolute atomic E-state index is 12.6. The predicted molar refractivity (Wildman–Crippen MR) is 84.6 cm³/mol. The first-order chi connectivity index (χ1) is 11.3. The standard InChI is InChI=1S/C17H22N2O4/c20-16(18-7-5-17(6-8-18)22-11-12-23-17)13-19-9-10-21-15-4-2-1-3-14(15)19/h1-4H,5-13H2. The molecule has 2 fully saturated rings. The summed E-state index contributed by atoms with van der Waals surface area (Å²) in [4.78, 5) is 16.7. The number of nitrogens with zero attached hydrogens (tertiary/aromatic N) is 2. The third-order valence-electron chi connectivity index (χ3n) is 4.84. The van der Waals surface area contributed by atoms with Crippen LogP contribution in [-0.2, 0) is 14.3 Å². The van der Waals surface area contributed by atoms with E-state index in [1.807, 2.05) is 29.2 Å². The van der Waals surface area contributed by atoms with Gasteiger partial charge in [0.15, 0.2) is 5.79 Å². The largest absolute Gasteiger partial charge is 0.490 e. The monoisotopic (exact) mass is 318 g/mol. The number of hydrogen-bond acceptors (Lipinski definition) is 5. The van der Waals surface area contributed by atoms with Crippen LogP contribution in [-0.4, -0.2) is 62.6 Å². The Morgan fingerprint density at radius 2 is 1.78 bits per heavy atom. The second kappa shape index (κ2) is 6.02. The highest BCUT2D eigenvalue weighted by atomic mass is 16.7. The van der Waals surface area contributed by atoms with Gasteiger partial charge in [-0.3, -0.25) is 4.79 Å². The Kier molecular flexibility index (Phi) is 3.87. The zero-order chi connectivity index (χ0) is 15.7. The smallest absolute Gasteiger partial charge is 0.242 e. The molecule has 0 aromatic heterocycles. The van der Waals surface area contributed by atoms with Crippen molar-refractivity contribution >= 4 is 11.6 Å². The lowest BCUT2D eigenvalue weighted by Gasteiger charge is -2.39. The molecule has 1 spiro atoms. The fraction of sp³-hybridized carbons (Fsp3) is 0.588. The molecule has 1 aromatic rings. The van der Waals surface area contributed by atoms with Gasteiger partial charge in [-0.2, -0.15) is 0 Å². The number of piperidine rings is 1. The van der Waals surface area contributed by atoms with Crippen molar-refractivity contribution in [3.05, 3.63) is 24.3 Å². The van der Waals surface area contributed by atoms with Gasteiger partial charge in [-0.25, -0.2) is 0 Å². The van der Waals surface area contributed by atoms with Crippen LogP contribution in [0.5, 0.6) is 5.75 Å². The van der Waals surface area contributed by atoms with Crippen molar-refractivity contribution in [1.82, 2.24) is 4.90 Å². The summed E-state index contributed by atoms with van der Waals surface area (Å²) in [5.74, 6) is 0.592. The number of ether oxygens (including phenoxy) is 3. The molecule has 124 valence electrons. The number of carbonyl (C=O) groups is 1. The third-order valence-corrected chi connectivity index (χ3v) is 4.84. The predicted octanol–water partition coefficient (Wildman–Crippen LogP) is 1.25. The molecule has 0 N–H and O–H groups in total. The number of carbonyl (C=O) groups excluding carboxylic acids is 1. The summed E-state index contributed by atoms with van der Waals surface area (Å²) >= 11 is 0. The summed E-state index contributed by atoms with van der Waals surface area (Å²) in [5, 5.41) is 0. The number of likely N-dealkylation sites (tertiary alicyclic amines) is 1. The van der Waals surface area contributed by atoms with E-state index in [-0.39, 0.29) is 5.91 Å². The summed E-state index contributed by atoms with van der Waals surface area (Å²) < 4.78 is 17.1. The normalized spacial score (nSPS) is 22.8. The molecule has 1 amide bonds. The third kappa shape index (κ3) is 2.88. The molecule has 0 saturated carbocycles. The summed E-state index contributed by atoms with van der Waals surface area (Å²) in [7, 11) is 0. The van der Waals surface area contributed by atoms with Crippen molar-refractivity contribution in [2.45, 2.75) is 18.6 Å². The van der Waals surface area contributed by atoms with Crippen LogP contribution >= 0.6 is 0 Å². The van der Waals surface area contributed by atoms with E-state index in [4.69, 9.17) is 14.2 Å². The first kappa shape index (κ1) is 14.8. The molecule has 3 aliphatic rings. The lowest BCUT2D eigenvalue weighted by molar-refractivity contribution is -0.187.